The first-order valence-corrected chi connectivity index (χ1v) is 9.92. The largest absolute Gasteiger partial charge is 0.430 e. The van der Waals surface area contributed by atoms with Gasteiger partial charge in [0.25, 0.3) is 0 Å². The lowest BCUT2D eigenvalue weighted by Gasteiger charge is -2.25. The number of fused-ring (bicyclic) bond motifs is 2. The van der Waals surface area contributed by atoms with Crippen molar-refractivity contribution in [2.24, 2.45) is 10.7 Å². The third kappa shape index (κ3) is 5.35. The summed E-state index contributed by atoms with van der Waals surface area (Å²) in [7, 11) is 0. The predicted octanol–water partition coefficient (Wildman–Crippen LogP) is 4.47. The topological polar surface area (TPSA) is 73.9 Å². The third-order valence-electron chi connectivity index (χ3n) is 4.16. The van der Waals surface area contributed by atoms with Gasteiger partial charge in [-0.15, -0.1) is 11.8 Å². The maximum atomic E-state index is 12.9. The van der Waals surface area contributed by atoms with E-state index in [-0.39, 0.29) is 56.5 Å². The molecule has 0 aliphatic carbocycles. The highest BCUT2D eigenvalue weighted by Crippen LogP contribution is 2.36. The Bertz CT molecular complexity index is 905. The molecule has 2 aliphatic rings. The summed E-state index contributed by atoms with van der Waals surface area (Å²) in [5.41, 5.74) is 4.01. The standard InChI is InChI=1S/C18H15Cl2F3N2O3S/c1-8(29-15-6-13(26)17-27-7-14(15)28-17)25-12(5-16(24)18(21,22)23)9-2-3-10(19)11(20)4-9/h2-5,14-15,17H,1,6-7,24H2/b16-5-,25-12+. The van der Waals surface area contributed by atoms with E-state index in [0.717, 1.165) is 11.8 Å². The average molecular weight is 467 g/mol. The van der Waals surface area contributed by atoms with Crippen molar-refractivity contribution in [3.8, 4) is 0 Å². The minimum Gasteiger partial charge on any atom is -0.395 e. The van der Waals surface area contributed by atoms with Gasteiger partial charge >= 0.3 is 6.18 Å². The lowest BCUT2D eigenvalue weighted by Crippen LogP contribution is -2.37. The summed E-state index contributed by atoms with van der Waals surface area (Å²) in [6, 6.07) is 4.28. The van der Waals surface area contributed by atoms with Crippen molar-refractivity contribution >= 4 is 46.5 Å². The highest BCUT2D eigenvalue weighted by atomic mass is 35.5. The predicted molar refractivity (Wildman–Crippen MR) is 106 cm³/mol. The second-order valence-corrected chi connectivity index (χ2v) is 8.41. The summed E-state index contributed by atoms with van der Waals surface area (Å²) >= 11 is 13.0. The maximum absolute atomic E-state index is 12.9. The second-order valence-electron chi connectivity index (χ2n) is 6.28. The van der Waals surface area contributed by atoms with Crippen LogP contribution in [-0.4, -0.2) is 41.9 Å². The number of carbonyl (C=O) groups is 1. The average Bonchev–Trinajstić information content (AvgIpc) is 3.07. The van der Waals surface area contributed by atoms with Crippen molar-refractivity contribution in [2.45, 2.75) is 30.2 Å². The summed E-state index contributed by atoms with van der Waals surface area (Å²) in [4.78, 5) is 16.1. The third-order valence-corrected chi connectivity index (χ3v) is 6.03. The Morgan fingerprint density at radius 3 is 2.72 bits per heavy atom. The Labute approximate surface area is 178 Å². The number of Topliss-reactive ketones (excluding diaryl/α,β-unsaturated/α-hetero) is 1. The SMILES string of the molecule is C=C(/N=C(\C=C(/N)C(F)(F)F)c1ccc(Cl)c(Cl)c1)SC1CC(=O)C2OCC1O2. The van der Waals surface area contributed by atoms with E-state index in [2.05, 4.69) is 11.6 Å². The summed E-state index contributed by atoms with van der Waals surface area (Å²) in [6.07, 6.45) is -5.00. The Morgan fingerprint density at radius 2 is 2.07 bits per heavy atom. The number of hydrogen-bond acceptors (Lipinski definition) is 6. The molecule has 2 bridgehead atoms. The normalized spacial score (nSPS) is 25.4. The van der Waals surface area contributed by atoms with Crippen molar-refractivity contribution in [1.29, 1.82) is 0 Å². The number of alkyl halides is 3. The van der Waals surface area contributed by atoms with E-state index in [1.54, 1.807) is 0 Å². The van der Waals surface area contributed by atoms with E-state index in [9.17, 15) is 18.0 Å². The Balaban J connectivity index is 1.88. The van der Waals surface area contributed by atoms with Gasteiger partial charge in [-0.2, -0.15) is 13.2 Å². The molecule has 0 amide bonds. The molecule has 156 valence electrons. The van der Waals surface area contributed by atoms with Crippen LogP contribution in [0, 0.1) is 0 Å². The van der Waals surface area contributed by atoms with Gasteiger partial charge in [0.15, 0.2) is 5.78 Å². The minimum absolute atomic E-state index is 0.0977. The second kappa shape index (κ2) is 8.69. The number of nitrogens with two attached hydrogens (primary N) is 1. The molecule has 3 atom stereocenters. The molecule has 1 aromatic rings. The lowest BCUT2D eigenvalue weighted by molar-refractivity contribution is -0.151. The van der Waals surface area contributed by atoms with E-state index in [0.29, 0.717) is 6.08 Å². The summed E-state index contributed by atoms with van der Waals surface area (Å²) in [5.74, 6) is -0.195. The van der Waals surface area contributed by atoms with Crippen LogP contribution in [0.1, 0.15) is 12.0 Å². The molecule has 0 saturated carbocycles. The molecule has 11 heteroatoms. The van der Waals surface area contributed by atoms with Gasteiger partial charge in [0, 0.05) is 17.2 Å². The lowest BCUT2D eigenvalue weighted by atomic mass is 10.1. The number of ketones is 1. The number of aliphatic imine (C=N–C) groups is 1. The van der Waals surface area contributed by atoms with Crippen LogP contribution < -0.4 is 5.73 Å². The fourth-order valence-corrected chi connectivity index (χ4v) is 4.07. The number of allylic oxidation sites excluding steroid dienone is 2. The van der Waals surface area contributed by atoms with Crippen molar-refractivity contribution in [1.82, 2.24) is 0 Å². The summed E-state index contributed by atoms with van der Waals surface area (Å²) in [5, 5.41) is 0.263. The molecule has 2 N–H and O–H groups in total. The molecule has 2 fully saturated rings. The van der Waals surface area contributed by atoms with E-state index in [1.165, 1.54) is 18.2 Å². The van der Waals surface area contributed by atoms with Crippen LogP contribution in [0.25, 0.3) is 0 Å². The van der Waals surface area contributed by atoms with E-state index < -0.39 is 18.2 Å². The van der Waals surface area contributed by atoms with Crippen LogP contribution >= 0.6 is 35.0 Å². The fourth-order valence-electron chi connectivity index (χ4n) is 2.73. The van der Waals surface area contributed by atoms with Gasteiger partial charge in [-0.3, -0.25) is 4.79 Å². The molecule has 2 heterocycles. The van der Waals surface area contributed by atoms with E-state index in [4.69, 9.17) is 38.4 Å². The molecule has 5 nitrogen and oxygen atoms in total. The van der Waals surface area contributed by atoms with Gasteiger partial charge in [0.1, 0.15) is 5.70 Å². The molecule has 0 aromatic heterocycles. The molecule has 1 aromatic carbocycles. The quantitative estimate of drug-likeness (QED) is 0.647. The van der Waals surface area contributed by atoms with Crippen molar-refractivity contribution in [3.05, 3.63) is 57.2 Å². The van der Waals surface area contributed by atoms with Crippen LogP contribution in [-0.2, 0) is 14.3 Å². The summed E-state index contributed by atoms with van der Waals surface area (Å²) < 4.78 is 49.5. The Morgan fingerprint density at radius 1 is 1.34 bits per heavy atom. The number of halogens is 5. The molecule has 2 saturated heterocycles. The first-order chi connectivity index (χ1) is 13.5. The van der Waals surface area contributed by atoms with Gasteiger partial charge < -0.3 is 15.2 Å². The molecule has 0 spiro atoms. The first kappa shape index (κ1) is 22.2. The smallest absolute Gasteiger partial charge is 0.395 e. The molecule has 3 rings (SSSR count). The van der Waals surface area contributed by atoms with Gasteiger partial charge in [0.05, 0.1) is 33.5 Å². The summed E-state index contributed by atoms with van der Waals surface area (Å²) in [6.45, 7) is 4.04. The monoisotopic (exact) mass is 466 g/mol. The highest BCUT2D eigenvalue weighted by Gasteiger charge is 2.43. The van der Waals surface area contributed by atoms with Crippen LogP contribution in [0.15, 0.2) is 46.6 Å². The number of thioether (sulfide) groups is 1. The molecular formula is C18H15Cl2F3N2O3S. The van der Waals surface area contributed by atoms with Crippen LogP contribution in [0.2, 0.25) is 10.0 Å². The zero-order valence-electron chi connectivity index (χ0n) is 14.7. The first-order valence-electron chi connectivity index (χ1n) is 8.28. The number of hydrogen-bond donors (Lipinski definition) is 1. The Kier molecular flexibility index (Phi) is 6.64. The van der Waals surface area contributed by atoms with Crippen LogP contribution in [0.5, 0.6) is 0 Å². The van der Waals surface area contributed by atoms with Crippen molar-refractivity contribution in [2.75, 3.05) is 6.61 Å². The number of benzene rings is 1. The number of carbonyl (C=O) groups excluding carboxylic acids is 1. The molecule has 29 heavy (non-hydrogen) atoms. The minimum atomic E-state index is -4.73. The van der Waals surface area contributed by atoms with Crippen LogP contribution in [0.4, 0.5) is 13.2 Å². The van der Waals surface area contributed by atoms with E-state index >= 15 is 0 Å². The molecule has 2 aliphatic heterocycles. The van der Waals surface area contributed by atoms with Crippen molar-refractivity contribution < 1.29 is 27.4 Å². The van der Waals surface area contributed by atoms with Gasteiger partial charge in [0.2, 0.25) is 6.29 Å². The Hall–Kier alpha value is -1.52. The van der Waals surface area contributed by atoms with Gasteiger partial charge in [-0.05, 0) is 18.2 Å². The van der Waals surface area contributed by atoms with Gasteiger partial charge in [-0.25, -0.2) is 4.99 Å². The number of ether oxygens (including phenoxy) is 2. The van der Waals surface area contributed by atoms with E-state index in [1.807, 2.05) is 0 Å². The van der Waals surface area contributed by atoms with Gasteiger partial charge in [-0.1, -0.05) is 35.8 Å². The maximum Gasteiger partial charge on any atom is 0.430 e. The highest BCUT2D eigenvalue weighted by molar-refractivity contribution is 8.03. The van der Waals surface area contributed by atoms with Crippen LogP contribution in [0.3, 0.4) is 0 Å². The zero-order chi connectivity index (χ0) is 21.3. The zero-order valence-corrected chi connectivity index (χ0v) is 17.0. The van der Waals surface area contributed by atoms with Crippen molar-refractivity contribution in [3.63, 3.8) is 0 Å². The fraction of sp³-hybridized carbons (Fsp3) is 0.333. The molecule has 3 unspecified atom stereocenters. The molecular weight excluding hydrogens is 452 g/mol. The number of rotatable bonds is 5. The number of nitrogens with zero attached hydrogens (tertiary/aromatic N) is 1. The molecule has 0 radical (unpaired) electrons.